The van der Waals surface area contributed by atoms with Crippen LogP contribution in [-0.4, -0.2) is 51.0 Å². The van der Waals surface area contributed by atoms with E-state index < -0.39 is 17.7 Å². The third kappa shape index (κ3) is 4.27. The molecular weight excluding hydrogens is 446 g/mol. The van der Waals surface area contributed by atoms with Gasteiger partial charge in [0.25, 0.3) is 11.7 Å². The highest BCUT2D eigenvalue weighted by molar-refractivity contribution is 6.46. The average molecular weight is 474 g/mol. The van der Waals surface area contributed by atoms with Crippen molar-refractivity contribution in [2.24, 2.45) is 0 Å². The zero-order valence-corrected chi connectivity index (χ0v) is 19.7. The molecule has 0 unspecified atom stereocenters. The fraction of sp³-hybridized carbons (Fsp3) is 0.296. The Morgan fingerprint density at radius 2 is 1.97 bits per heavy atom. The number of nitrogens with zero attached hydrogens (tertiary/aromatic N) is 3. The first-order chi connectivity index (χ1) is 17.0. The molecule has 1 amide bonds. The van der Waals surface area contributed by atoms with Gasteiger partial charge in [-0.3, -0.25) is 9.59 Å². The van der Waals surface area contributed by atoms with E-state index in [0.29, 0.717) is 30.8 Å². The molecule has 2 aliphatic rings. The van der Waals surface area contributed by atoms with Crippen LogP contribution < -0.4 is 9.47 Å². The number of rotatable bonds is 7. The van der Waals surface area contributed by atoms with Crippen LogP contribution in [0.2, 0.25) is 0 Å². The number of methoxy groups -OCH3 is 1. The predicted molar refractivity (Wildman–Crippen MR) is 129 cm³/mol. The Kier molecular flexibility index (Phi) is 6.03. The zero-order valence-electron chi connectivity index (χ0n) is 19.7. The summed E-state index contributed by atoms with van der Waals surface area (Å²) in [5.41, 5.74) is 2.29. The number of Topliss-reactive ketones (excluding diaryl/α,β-unsaturated/α-hetero) is 1. The third-order valence-corrected chi connectivity index (χ3v) is 6.52. The van der Waals surface area contributed by atoms with E-state index in [2.05, 4.69) is 4.98 Å². The van der Waals surface area contributed by atoms with Gasteiger partial charge in [0.1, 0.15) is 23.4 Å². The van der Waals surface area contributed by atoms with Crippen molar-refractivity contribution in [1.82, 2.24) is 14.5 Å². The molecule has 8 nitrogen and oxygen atoms in total. The van der Waals surface area contributed by atoms with E-state index in [1.54, 1.807) is 48.8 Å². The van der Waals surface area contributed by atoms with Gasteiger partial charge in [-0.15, -0.1) is 0 Å². The van der Waals surface area contributed by atoms with E-state index in [9.17, 15) is 14.7 Å². The second kappa shape index (κ2) is 9.29. The van der Waals surface area contributed by atoms with Gasteiger partial charge < -0.3 is 24.0 Å². The molecule has 8 heteroatoms. The molecule has 1 saturated heterocycles. The van der Waals surface area contributed by atoms with Gasteiger partial charge in [-0.1, -0.05) is 12.1 Å². The number of aryl methyl sites for hydroxylation is 1. The van der Waals surface area contributed by atoms with Crippen molar-refractivity contribution in [2.45, 2.75) is 38.5 Å². The normalized spacial score (nSPS) is 20.7. The maximum absolute atomic E-state index is 13.2. The Morgan fingerprint density at radius 3 is 2.69 bits per heavy atom. The molecule has 1 fully saturated rings. The van der Waals surface area contributed by atoms with Gasteiger partial charge in [-0.2, -0.15) is 0 Å². The van der Waals surface area contributed by atoms with Crippen molar-refractivity contribution in [2.75, 3.05) is 13.7 Å². The van der Waals surface area contributed by atoms with Crippen LogP contribution in [0.25, 0.3) is 5.76 Å². The molecule has 3 aromatic rings. The summed E-state index contributed by atoms with van der Waals surface area (Å²) in [6.45, 7) is 2.99. The van der Waals surface area contributed by atoms with Crippen molar-refractivity contribution in [3.8, 4) is 11.5 Å². The molecule has 35 heavy (non-hydrogen) atoms. The molecule has 180 valence electrons. The monoisotopic (exact) mass is 473 g/mol. The lowest BCUT2D eigenvalue weighted by Gasteiger charge is -2.25. The van der Waals surface area contributed by atoms with Crippen molar-refractivity contribution in [3.05, 3.63) is 83.4 Å². The highest BCUT2D eigenvalue weighted by atomic mass is 16.5. The van der Waals surface area contributed by atoms with Crippen LogP contribution in [0.4, 0.5) is 0 Å². The number of fused-ring (bicyclic) bond motifs is 1. The summed E-state index contributed by atoms with van der Waals surface area (Å²) < 4.78 is 13.0. The van der Waals surface area contributed by atoms with Crippen LogP contribution >= 0.6 is 0 Å². The first kappa shape index (κ1) is 22.7. The minimum atomic E-state index is -0.702. The Bertz CT molecular complexity index is 1280. The zero-order chi connectivity index (χ0) is 24.5. The predicted octanol–water partition coefficient (Wildman–Crippen LogP) is 3.73. The lowest BCUT2D eigenvalue weighted by atomic mass is 9.94. The SMILES string of the molecule is COc1ccc([C@H]2C(=C(O)c3ccc4c(c3)C[C@H](C)O4)C(=O)C(=O)N2CCCn2ccnc2)cc1. The number of amides is 1. The smallest absolute Gasteiger partial charge is 0.295 e. The Morgan fingerprint density at radius 1 is 1.17 bits per heavy atom. The van der Waals surface area contributed by atoms with Crippen LogP contribution in [-0.2, 0) is 22.6 Å². The number of aromatic nitrogens is 2. The van der Waals surface area contributed by atoms with Gasteiger partial charge in [0.15, 0.2) is 0 Å². The summed E-state index contributed by atoms with van der Waals surface area (Å²) in [6.07, 6.45) is 6.68. The lowest BCUT2D eigenvalue weighted by Crippen LogP contribution is -2.31. The van der Waals surface area contributed by atoms with Gasteiger partial charge in [-0.05, 0) is 54.8 Å². The molecule has 3 heterocycles. The Balaban J connectivity index is 1.53. The summed E-state index contributed by atoms with van der Waals surface area (Å²) in [4.78, 5) is 32.0. The number of carbonyl (C=O) groups is 2. The second-order valence-corrected chi connectivity index (χ2v) is 8.87. The van der Waals surface area contributed by atoms with Crippen LogP contribution in [0.5, 0.6) is 11.5 Å². The molecule has 0 aliphatic carbocycles. The number of ketones is 1. The van der Waals surface area contributed by atoms with Crippen molar-refractivity contribution >= 4 is 17.4 Å². The van der Waals surface area contributed by atoms with E-state index in [-0.39, 0.29) is 17.4 Å². The molecule has 0 saturated carbocycles. The highest BCUT2D eigenvalue weighted by Crippen LogP contribution is 2.41. The number of hydrogen-bond donors (Lipinski definition) is 1. The van der Waals surface area contributed by atoms with Crippen molar-refractivity contribution in [3.63, 3.8) is 0 Å². The quantitative estimate of drug-likeness (QED) is 0.319. The maximum atomic E-state index is 13.2. The standard InChI is InChI=1S/C27H27N3O5/c1-17-14-20-15-19(6-9-22(20)35-17)25(31)23-24(18-4-7-21(34-2)8-5-18)30(27(33)26(23)32)12-3-11-29-13-10-28-16-29/h4-10,13,15-17,24,31H,3,11-12,14H2,1-2H3/t17-,24-/m0/s1. The molecule has 1 aromatic heterocycles. The molecule has 2 atom stereocenters. The summed E-state index contributed by atoms with van der Waals surface area (Å²) in [6, 6.07) is 11.9. The average Bonchev–Trinajstić information content (AvgIpc) is 3.57. The molecule has 0 spiro atoms. The number of carbonyl (C=O) groups excluding carboxylic acids is 2. The minimum Gasteiger partial charge on any atom is -0.507 e. The van der Waals surface area contributed by atoms with Crippen LogP contribution in [0, 0.1) is 0 Å². The molecule has 0 radical (unpaired) electrons. The molecule has 2 aliphatic heterocycles. The van der Waals surface area contributed by atoms with Crippen LogP contribution in [0.1, 0.15) is 36.1 Å². The van der Waals surface area contributed by atoms with Gasteiger partial charge in [-0.25, -0.2) is 4.98 Å². The first-order valence-corrected chi connectivity index (χ1v) is 11.6. The van der Waals surface area contributed by atoms with Gasteiger partial charge in [0, 0.05) is 37.5 Å². The number of ether oxygens (including phenoxy) is 2. The number of aliphatic hydroxyl groups is 1. The highest BCUT2D eigenvalue weighted by Gasteiger charge is 2.45. The van der Waals surface area contributed by atoms with Crippen molar-refractivity contribution in [1.29, 1.82) is 0 Å². The van der Waals surface area contributed by atoms with E-state index >= 15 is 0 Å². The number of likely N-dealkylation sites (tertiary alicyclic amines) is 1. The van der Waals surface area contributed by atoms with E-state index in [4.69, 9.17) is 9.47 Å². The fourth-order valence-corrected chi connectivity index (χ4v) is 4.81. The van der Waals surface area contributed by atoms with Gasteiger partial charge in [0.2, 0.25) is 0 Å². The van der Waals surface area contributed by atoms with Crippen molar-refractivity contribution < 1.29 is 24.2 Å². The second-order valence-electron chi connectivity index (χ2n) is 8.87. The maximum Gasteiger partial charge on any atom is 0.295 e. The fourth-order valence-electron chi connectivity index (χ4n) is 4.81. The summed E-state index contributed by atoms with van der Waals surface area (Å²) in [7, 11) is 1.58. The number of benzene rings is 2. The molecule has 2 aromatic carbocycles. The van der Waals surface area contributed by atoms with E-state index in [1.165, 1.54) is 0 Å². The summed E-state index contributed by atoms with van der Waals surface area (Å²) >= 11 is 0. The largest absolute Gasteiger partial charge is 0.507 e. The molecular formula is C27H27N3O5. The number of imidazole rings is 1. The van der Waals surface area contributed by atoms with Crippen LogP contribution in [0.15, 0.2) is 66.8 Å². The third-order valence-electron chi connectivity index (χ3n) is 6.52. The minimum absolute atomic E-state index is 0.0581. The topological polar surface area (TPSA) is 93.9 Å². The number of aliphatic hydroxyl groups excluding tert-OH is 1. The Labute approximate surface area is 203 Å². The molecule has 0 bridgehead atoms. The van der Waals surface area contributed by atoms with Crippen LogP contribution in [0.3, 0.4) is 0 Å². The first-order valence-electron chi connectivity index (χ1n) is 11.6. The number of hydrogen-bond acceptors (Lipinski definition) is 6. The van der Waals surface area contributed by atoms with E-state index in [0.717, 1.165) is 23.3 Å². The Hall–Kier alpha value is -4.07. The lowest BCUT2D eigenvalue weighted by molar-refractivity contribution is -0.139. The van der Waals surface area contributed by atoms with Gasteiger partial charge in [0.05, 0.1) is 25.1 Å². The van der Waals surface area contributed by atoms with Gasteiger partial charge >= 0.3 is 0 Å². The summed E-state index contributed by atoms with van der Waals surface area (Å²) in [5.74, 6) is -0.0323. The summed E-state index contributed by atoms with van der Waals surface area (Å²) in [5, 5.41) is 11.3. The molecule has 5 rings (SSSR count). The van der Waals surface area contributed by atoms with E-state index in [1.807, 2.05) is 35.9 Å². The molecule has 1 N–H and O–H groups in total.